The summed E-state index contributed by atoms with van der Waals surface area (Å²) in [5.74, 6) is 0.663. The van der Waals surface area contributed by atoms with Crippen LogP contribution in [0.4, 0.5) is 5.82 Å². The molecule has 3 heterocycles. The van der Waals surface area contributed by atoms with E-state index >= 15 is 0 Å². The van der Waals surface area contributed by atoms with Crippen LogP contribution in [-0.2, 0) is 19.1 Å². The molecule has 1 aromatic rings. The third-order valence-electron chi connectivity index (χ3n) is 4.88. The first-order valence-corrected chi connectivity index (χ1v) is 9.98. The standard InChI is InChI=1S/C19H27N3O3S/c1-12-9-22(10-13(2)25-12)11-19(8-17(24)14(3)26-19)16-5-6-20-18(7-16)21-15(4)23/h5-7,12-14H,8-11H2,1-4H3,(H,20,21,23)/t12-,13+,14?,19?. The molecule has 4 atom stereocenters. The summed E-state index contributed by atoms with van der Waals surface area (Å²) in [4.78, 5) is 30.5. The van der Waals surface area contributed by atoms with Gasteiger partial charge in [0.25, 0.3) is 0 Å². The Morgan fingerprint density at radius 3 is 2.65 bits per heavy atom. The number of carbonyl (C=O) groups excluding carboxylic acids is 2. The smallest absolute Gasteiger partial charge is 0.222 e. The number of aromatic nitrogens is 1. The van der Waals surface area contributed by atoms with E-state index in [1.165, 1.54) is 6.92 Å². The normalized spacial score (nSPS) is 32.6. The highest BCUT2D eigenvalue weighted by atomic mass is 32.2. The Morgan fingerprint density at radius 2 is 2.08 bits per heavy atom. The fourth-order valence-electron chi connectivity index (χ4n) is 3.96. The summed E-state index contributed by atoms with van der Waals surface area (Å²) in [6.07, 6.45) is 2.58. The number of hydrogen-bond acceptors (Lipinski definition) is 6. The van der Waals surface area contributed by atoms with Gasteiger partial charge in [0.2, 0.25) is 5.91 Å². The van der Waals surface area contributed by atoms with Crippen LogP contribution in [0.15, 0.2) is 18.3 Å². The summed E-state index contributed by atoms with van der Waals surface area (Å²) in [6, 6.07) is 3.88. The van der Waals surface area contributed by atoms with Crippen molar-refractivity contribution >= 4 is 29.3 Å². The highest BCUT2D eigenvalue weighted by Gasteiger charge is 2.46. The van der Waals surface area contributed by atoms with Crippen LogP contribution in [0.1, 0.15) is 39.7 Å². The van der Waals surface area contributed by atoms with Gasteiger partial charge in [-0.3, -0.25) is 14.5 Å². The summed E-state index contributed by atoms with van der Waals surface area (Å²) in [5.41, 5.74) is 1.05. The number of hydrogen-bond donors (Lipinski definition) is 1. The fraction of sp³-hybridized carbons (Fsp3) is 0.632. The summed E-state index contributed by atoms with van der Waals surface area (Å²) >= 11 is 1.73. The molecule has 1 N–H and O–H groups in total. The summed E-state index contributed by atoms with van der Waals surface area (Å²) < 4.78 is 5.54. The number of Topliss-reactive ketones (excluding diaryl/α,β-unsaturated/α-hetero) is 1. The van der Waals surface area contributed by atoms with Gasteiger partial charge >= 0.3 is 0 Å². The van der Waals surface area contributed by atoms with Crippen molar-refractivity contribution in [3.8, 4) is 0 Å². The lowest BCUT2D eigenvalue weighted by Crippen LogP contribution is -2.49. The van der Waals surface area contributed by atoms with Crippen LogP contribution in [0, 0.1) is 0 Å². The molecule has 1 amide bonds. The minimum Gasteiger partial charge on any atom is -0.373 e. The molecular formula is C19H27N3O3S. The quantitative estimate of drug-likeness (QED) is 0.869. The maximum Gasteiger partial charge on any atom is 0.222 e. The zero-order valence-corrected chi connectivity index (χ0v) is 16.6. The molecule has 142 valence electrons. The van der Waals surface area contributed by atoms with E-state index in [0.29, 0.717) is 12.2 Å². The van der Waals surface area contributed by atoms with E-state index < -0.39 is 0 Å². The third-order valence-corrected chi connectivity index (χ3v) is 6.46. The zero-order valence-electron chi connectivity index (χ0n) is 15.8. The van der Waals surface area contributed by atoms with Crippen molar-refractivity contribution in [1.82, 2.24) is 9.88 Å². The highest BCUT2D eigenvalue weighted by molar-refractivity contribution is 8.02. The number of pyridine rings is 1. The van der Waals surface area contributed by atoms with Crippen molar-refractivity contribution in [3.05, 3.63) is 23.9 Å². The number of amides is 1. The van der Waals surface area contributed by atoms with Gasteiger partial charge in [-0.25, -0.2) is 4.98 Å². The number of nitrogens with zero attached hydrogens (tertiary/aromatic N) is 2. The Labute approximate surface area is 159 Å². The van der Waals surface area contributed by atoms with Gasteiger partial charge in [-0.05, 0) is 38.5 Å². The van der Waals surface area contributed by atoms with Gasteiger partial charge in [0.05, 0.1) is 22.2 Å². The number of nitrogens with one attached hydrogen (secondary N) is 1. The highest BCUT2D eigenvalue weighted by Crippen LogP contribution is 2.49. The lowest BCUT2D eigenvalue weighted by molar-refractivity contribution is -0.118. The van der Waals surface area contributed by atoms with E-state index in [-0.39, 0.29) is 33.9 Å². The van der Waals surface area contributed by atoms with Crippen molar-refractivity contribution in [1.29, 1.82) is 0 Å². The van der Waals surface area contributed by atoms with Gasteiger partial charge in [0.1, 0.15) is 11.6 Å². The molecule has 0 spiro atoms. The van der Waals surface area contributed by atoms with Gasteiger partial charge in [-0.1, -0.05) is 0 Å². The molecule has 0 bridgehead atoms. The first-order chi connectivity index (χ1) is 12.3. The average molecular weight is 378 g/mol. The number of anilines is 1. The van der Waals surface area contributed by atoms with Gasteiger partial charge in [0, 0.05) is 39.2 Å². The van der Waals surface area contributed by atoms with Crippen LogP contribution in [0.25, 0.3) is 0 Å². The van der Waals surface area contributed by atoms with Gasteiger partial charge < -0.3 is 10.1 Å². The number of ether oxygens (including phenoxy) is 1. The molecule has 2 aliphatic heterocycles. The second-order valence-corrected chi connectivity index (χ2v) is 9.18. The van der Waals surface area contributed by atoms with E-state index in [0.717, 1.165) is 25.2 Å². The molecule has 2 unspecified atom stereocenters. The molecule has 7 heteroatoms. The first kappa shape index (κ1) is 19.3. The third kappa shape index (κ3) is 4.27. The minimum absolute atomic E-state index is 0.0248. The van der Waals surface area contributed by atoms with Crippen molar-refractivity contribution in [2.45, 2.75) is 56.3 Å². The van der Waals surface area contributed by atoms with Gasteiger partial charge in [0.15, 0.2) is 0 Å². The topological polar surface area (TPSA) is 71.5 Å². The van der Waals surface area contributed by atoms with Crippen LogP contribution in [0.2, 0.25) is 0 Å². The minimum atomic E-state index is -0.316. The van der Waals surface area contributed by atoms with Crippen LogP contribution in [-0.4, -0.2) is 58.7 Å². The van der Waals surface area contributed by atoms with Crippen LogP contribution < -0.4 is 5.32 Å². The molecular weight excluding hydrogens is 350 g/mol. The first-order valence-electron chi connectivity index (χ1n) is 9.10. The van der Waals surface area contributed by atoms with Gasteiger partial charge in [-0.2, -0.15) is 0 Å². The Morgan fingerprint density at radius 1 is 1.38 bits per heavy atom. The molecule has 3 rings (SSSR count). The number of thioether (sulfide) groups is 1. The molecule has 0 saturated carbocycles. The molecule has 0 radical (unpaired) electrons. The molecule has 2 fully saturated rings. The number of ketones is 1. The lowest BCUT2D eigenvalue weighted by atomic mass is 9.92. The second-order valence-electron chi connectivity index (χ2n) is 7.46. The molecule has 1 aromatic heterocycles. The average Bonchev–Trinajstić information content (AvgIpc) is 2.81. The van der Waals surface area contributed by atoms with E-state index in [1.807, 2.05) is 19.1 Å². The monoisotopic (exact) mass is 377 g/mol. The van der Waals surface area contributed by atoms with Crippen LogP contribution in [0.3, 0.4) is 0 Å². The fourth-order valence-corrected chi connectivity index (χ4v) is 5.60. The molecule has 0 aromatic carbocycles. The Kier molecular flexibility index (Phi) is 5.69. The van der Waals surface area contributed by atoms with E-state index in [1.54, 1.807) is 18.0 Å². The Balaban J connectivity index is 1.90. The van der Waals surface area contributed by atoms with Crippen molar-refractivity contribution in [2.75, 3.05) is 25.0 Å². The van der Waals surface area contributed by atoms with Crippen molar-refractivity contribution in [2.24, 2.45) is 0 Å². The number of rotatable bonds is 4. The predicted molar refractivity (Wildman–Crippen MR) is 103 cm³/mol. The zero-order chi connectivity index (χ0) is 18.9. The summed E-state index contributed by atoms with van der Waals surface area (Å²) in [6.45, 7) is 10.1. The van der Waals surface area contributed by atoms with E-state index in [4.69, 9.17) is 4.74 Å². The molecule has 26 heavy (non-hydrogen) atoms. The SMILES string of the molecule is CC(=O)Nc1cc(C2(CN3C[C@@H](C)O[C@@H](C)C3)CC(=O)C(C)S2)ccn1. The predicted octanol–water partition coefficient (Wildman–Crippen LogP) is 2.44. The molecule has 6 nitrogen and oxygen atoms in total. The maximum absolute atomic E-state index is 12.4. The summed E-state index contributed by atoms with van der Waals surface area (Å²) in [5, 5.41) is 2.72. The second kappa shape index (κ2) is 7.66. The number of carbonyl (C=O) groups is 2. The van der Waals surface area contributed by atoms with Crippen molar-refractivity contribution in [3.63, 3.8) is 0 Å². The van der Waals surface area contributed by atoms with E-state index in [9.17, 15) is 9.59 Å². The van der Waals surface area contributed by atoms with Crippen molar-refractivity contribution < 1.29 is 14.3 Å². The summed E-state index contributed by atoms with van der Waals surface area (Å²) in [7, 11) is 0. The number of morpholine rings is 1. The molecule has 2 saturated heterocycles. The van der Waals surface area contributed by atoms with Gasteiger partial charge in [-0.15, -0.1) is 11.8 Å². The van der Waals surface area contributed by atoms with Crippen LogP contribution in [0.5, 0.6) is 0 Å². The van der Waals surface area contributed by atoms with Crippen LogP contribution >= 0.6 is 11.8 Å². The molecule has 0 aliphatic carbocycles. The Bertz CT molecular complexity index is 688. The largest absolute Gasteiger partial charge is 0.373 e. The Hall–Kier alpha value is -1.44. The molecule has 2 aliphatic rings. The lowest BCUT2D eigenvalue weighted by Gasteiger charge is -2.40. The maximum atomic E-state index is 12.4. The van der Waals surface area contributed by atoms with E-state index in [2.05, 4.69) is 29.0 Å².